The average Bonchev–Trinajstić information content (AvgIpc) is 3.06. The zero-order chi connectivity index (χ0) is 24.6. The first-order valence-electron chi connectivity index (χ1n) is 12.9. The van der Waals surface area contributed by atoms with E-state index in [4.69, 9.17) is 0 Å². The summed E-state index contributed by atoms with van der Waals surface area (Å²) in [5.41, 5.74) is -1.58. The van der Waals surface area contributed by atoms with Crippen molar-refractivity contribution in [2.24, 2.45) is 34.5 Å². The van der Waals surface area contributed by atoms with E-state index in [-0.39, 0.29) is 40.3 Å². The summed E-state index contributed by atoms with van der Waals surface area (Å²) in [5, 5.41) is 53.3. The van der Waals surface area contributed by atoms with Gasteiger partial charge in [-0.15, -0.1) is 0 Å². The zero-order valence-corrected chi connectivity index (χ0v) is 20.9. The highest BCUT2D eigenvalue weighted by Gasteiger charge is 2.63. The molecule has 0 amide bonds. The van der Waals surface area contributed by atoms with E-state index in [0.29, 0.717) is 25.7 Å². The van der Waals surface area contributed by atoms with Crippen LogP contribution < -0.4 is 0 Å². The fourth-order valence-corrected chi connectivity index (χ4v) is 8.37. The van der Waals surface area contributed by atoms with Crippen molar-refractivity contribution >= 4 is 5.78 Å². The minimum Gasteiger partial charge on any atom is -0.390 e. The quantitative estimate of drug-likeness (QED) is 0.427. The number of aliphatic hydroxyl groups is 5. The standard InChI is InChI=1S/C27H44O6/c1-24(2,32)10-9-23(31)27(5,33)22-7-6-16-15-12-19(28)18-13-20(29)21(30)14-26(18,4)17(15)8-11-25(16,22)3/h12,16-18,20-23,29-33H,6-11,13-14H2,1-5H3/t16-,17+,18+,20-,21+,22+,23-,25+,26-,27-/m1/s1. The molecule has 0 aromatic heterocycles. The number of ketones is 1. The molecule has 4 rings (SSSR count). The molecule has 0 radical (unpaired) electrons. The van der Waals surface area contributed by atoms with Crippen molar-refractivity contribution in [3.05, 3.63) is 11.6 Å². The molecule has 0 saturated heterocycles. The molecule has 0 spiro atoms. The molecule has 0 unspecified atom stereocenters. The van der Waals surface area contributed by atoms with E-state index >= 15 is 0 Å². The van der Waals surface area contributed by atoms with Gasteiger partial charge in [-0.1, -0.05) is 19.4 Å². The molecule has 10 atom stereocenters. The molecule has 3 fully saturated rings. The first-order chi connectivity index (χ1) is 15.1. The number of hydrogen-bond donors (Lipinski definition) is 5. The van der Waals surface area contributed by atoms with Gasteiger partial charge in [-0.3, -0.25) is 4.79 Å². The average molecular weight is 465 g/mol. The maximum Gasteiger partial charge on any atom is 0.159 e. The van der Waals surface area contributed by atoms with Crippen LogP contribution in [0.5, 0.6) is 0 Å². The van der Waals surface area contributed by atoms with Gasteiger partial charge in [-0.2, -0.15) is 0 Å². The van der Waals surface area contributed by atoms with E-state index in [1.54, 1.807) is 20.8 Å². The summed E-state index contributed by atoms with van der Waals surface area (Å²) in [4.78, 5) is 13.2. The Balaban J connectivity index is 1.61. The van der Waals surface area contributed by atoms with Crippen LogP contribution in [-0.4, -0.2) is 60.8 Å². The van der Waals surface area contributed by atoms with Crippen molar-refractivity contribution in [1.29, 1.82) is 0 Å². The Labute approximate surface area is 198 Å². The van der Waals surface area contributed by atoms with Gasteiger partial charge < -0.3 is 25.5 Å². The largest absolute Gasteiger partial charge is 0.390 e. The monoisotopic (exact) mass is 464 g/mol. The second kappa shape index (κ2) is 8.12. The van der Waals surface area contributed by atoms with E-state index in [2.05, 4.69) is 13.8 Å². The zero-order valence-electron chi connectivity index (χ0n) is 20.9. The van der Waals surface area contributed by atoms with Crippen molar-refractivity contribution in [3.8, 4) is 0 Å². The van der Waals surface area contributed by atoms with Gasteiger partial charge in [0.2, 0.25) is 0 Å². The Hall–Kier alpha value is -0.790. The molecule has 0 aromatic carbocycles. The lowest BCUT2D eigenvalue weighted by molar-refractivity contribution is -0.151. The second-order valence-corrected chi connectivity index (χ2v) is 13.1. The van der Waals surface area contributed by atoms with E-state index in [0.717, 1.165) is 25.7 Å². The Morgan fingerprint density at radius 1 is 1.00 bits per heavy atom. The number of carbonyl (C=O) groups excluding carboxylic acids is 1. The van der Waals surface area contributed by atoms with Crippen LogP contribution in [0.4, 0.5) is 0 Å². The summed E-state index contributed by atoms with van der Waals surface area (Å²) < 4.78 is 0. The fraction of sp³-hybridized carbons (Fsp3) is 0.889. The van der Waals surface area contributed by atoms with E-state index in [9.17, 15) is 30.3 Å². The van der Waals surface area contributed by atoms with E-state index in [1.165, 1.54) is 5.57 Å². The summed E-state index contributed by atoms with van der Waals surface area (Å²) in [6.45, 7) is 9.49. The second-order valence-electron chi connectivity index (χ2n) is 13.1. The van der Waals surface area contributed by atoms with Gasteiger partial charge >= 0.3 is 0 Å². The van der Waals surface area contributed by atoms with Crippen molar-refractivity contribution in [2.75, 3.05) is 0 Å². The molecule has 4 aliphatic rings. The van der Waals surface area contributed by atoms with Crippen molar-refractivity contribution in [2.45, 2.75) is 115 Å². The van der Waals surface area contributed by atoms with Gasteiger partial charge in [0.1, 0.15) is 0 Å². The number of aliphatic hydroxyl groups excluding tert-OH is 3. The minimum atomic E-state index is -1.28. The summed E-state index contributed by atoms with van der Waals surface area (Å²) in [6.07, 6.45) is 4.21. The molecule has 4 aliphatic carbocycles. The van der Waals surface area contributed by atoms with Gasteiger partial charge in [0.25, 0.3) is 0 Å². The third kappa shape index (κ3) is 4.04. The highest BCUT2D eigenvalue weighted by molar-refractivity contribution is 5.94. The first kappa shape index (κ1) is 25.3. The first-order valence-corrected chi connectivity index (χ1v) is 12.9. The Bertz CT molecular complexity index is 812. The normalized spacial score (nSPS) is 46.0. The smallest absolute Gasteiger partial charge is 0.159 e. The topological polar surface area (TPSA) is 118 Å². The molecule has 0 aromatic rings. The van der Waals surface area contributed by atoms with Crippen LogP contribution in [0.2, 0.25) is 0 Å². The molecule has 6 nitrogen and oxygen atoms in total. The number of hydrogen-bond acceptors (Lipinski definition) is 6. The molecule has 33 heavy (non-hydrogen) atoms. The molecule has 0 aliphatic heterocycles. The highest BCUT2D eigenvalue weighted by Crippen LogP contribution is 2.67. The summed E-state index contributed by atoms with van der Waals surface area (Å²) >= 11 is 0. The molecule has 188 valence electrons. The van der Waals surface area contributed by atoms with Crippen LogP contribution in [0.3, 0.4) is 0 Å². The van der Waals surface area contributed by atoms with Crippen LogP contribution in [0.15, 0.2) is 11.6 Å². The van der Waals surface area contributed by atoms with Crippen molar-refractivity contribution < 1.29 is 30.3 Å². The van der Waals surface area contributed by atoms with Crippen molar-refractivity contribution in [1.82, 2.24) is 0 Å². The SMILES string of the molecule is CC(C)(O)CC[C@@H](O)[C@](C)(O)[C@H]1CC[C@@H]2C3=CC(=O)[C@@H]4C[C@@H](O)[C@@H](O)C[C@]4(C)[C@H]3CC[C@@]21C. The van der Waals surface area contributed by atoms with Crippen LogP contribution in [-0.2, 0) is 4.79 Å². The van der Waals surface area contributed by atoms with E-state index in [1.807, 2.05) is 6.08 Å². The fourth-order valence-electron chi connectivity index (χ4n) is 8.37. The predicted octanol–water partition coefficient (Wildman–Crippen LogP) is 2.74. The van der Waals surface area contributed by atoms with E-state index < -0.39 is 29.5 Å². The molecular formula is C27H44O6. The lowest BCUT2D eigenvalue weighted by Crippen LogP contribution is -2.57. The number of fused-ring (bicyclic) bond motifs is 5. The van der Waals surface area contributed by atoms with Crippen LogP contribution in [0, 0.1) is 34.5 Å². The van der Waals surface area contributed by atoms with Crippen LogP contribution >= 0.6 is 0 Å². The summed E-state index contributed by atoms with van der Waals surface area (Å²) in [7, 11) is 0. The third-order valence-electron chi connectivity index (χ3n) is 10.3. The minimum absolute atomic E-state index is 0.0689. The van der Waals surface area contributed by atoms with Gasteiger partial charge in [-0.05, 0) is 107 Å². The summed E-state index contributed by atoms with van der Waals surface area (Å²) in [5.74, 6) is 0.0783. The van der Waals surface area contributed by atoms with Gasteiger partial charge in [-0.25, -0.2) is 0 Å². The van der Waals surface area contributed by atoms with Gasteiger partial charge in [0, 0.05) is 5.92 Å². The predicted molar refractivity (Wildman–Crippen MR) is 125 cm³/mol. The Morgan fingerprint density at radius 2 is 1.64 bits per heavy atom. The molecule has 0 heterocycles. The molecule has 3 saturated carbocycles. The van der Waals surface area contributed by atoms with Crippen molar-refractivity contribution in [3.63, 3.8) is 0 Å². The highest BCUT2D eigenvalue weighted by atomic mass is 16.3. The van der Waals surface area contributed by atoms with Gasteiger partial charge in [0.05, 0.1) is 29.5 Å². The molecule has 6 heteroatoms. The Morgan fingerprint density at radius 3 is 2.27 bits per heavy atom. The number of rotatable bonds is 5. The Kier molecular flexibility index (Phi) is 6.23. The third-order valence-corrected chi connectivity index (χ3v) is 10.3. The maximum absolute atomic E-state index is 13.2. The summed E-state index contributed by atoms with van der Waals surface area (Å²) in [6, 6.07) is 0. The molecular weight excluding hydrogens is 420 g/mol. The number of allylic oxidation sites excluding steroid dienone is 2. The lowest BCUT2D eigenvalue weighted by atomic mass is 9.47. The maximum atomic E-state index is 13.2. The molecule has 5 N–H and O–H groups in total. The molecule has 0 bridgehead atoms. The van der Waals surface area contributed by atoms with Crippen LogP contribution in [0.25, 0.3) is 0 Å². The number of carbonyl (C=O) groups is 1. The lowest BCUT2D eigenvalue weighted by Gasteiger charge is -2.58. The van der Waals surface area contributed by atoms with Crippen LogP contribution in [0.1, 0.15) is 86.0 Å². The van der Waals surface area contributed by atoms with Gasteiger partial charge in [0.15, 0.2) is 5.78 Å².